The molecular formula is C13H19NO3S2. The standard InChI is InChI=1S/C13H19NO3S2/c1-9(2)7-10(13(16)17-3)14-11(15)8-19-12-5-4-6-18-12/h4-6,9-10H,7-8H2,1-3H3,(H,14,15). The van der Waals surface area contributed by atoms with E-state index in [2.05, 4.69) is 5.32 Å². The number of methoxy groups -OCH3 is 1. The topological polar surface area (TPSA) is 55.4 Å². The zero-order valence-corrected chi connectivity index (χ0v) is 13.0. The minimum Gasteiger partial charge on any atom is -0.467 e. The minimum atomic E-state index is -0.554. The lowest BCUT2D eigenvalue weighted by Crippen LogP contribution is -2.43. The third kappa shape index (κ3) is 6.11. The first-order chi connectivity index (χ1) is 9.02. The van der Waals surface area contributed by atoms with E-state index < -0.39 is 6.04 Å². The quantitative estimate of drug-likeness (QED) is 0.621. The fourth-order valence-electron chi connectivity index (χ4n) is 1.55. The van der Waals surface area contributed by atoms with E-state index in [1.165, 1.54) is 18.9 Å². The molecule has 0 spiro atoms. The smallest absolute Gasteiger partial charge is 0.328 e. The second kappa shape index (κ2) is 8.22. The number of thiophene rings is 1. The summed E-state index contributed by atoms with van der Waals surface area (Å²) in [5.41, 5.74) is 0. The van der Waals surface area contributed by atoms with Crippen molar-refractivity contribution in [2.75, 3.05) is 12.9 Å². The average Bonchev–Trinajstić information content (AvgIpc) is 2.87. The Balaban J connectivity index is 2.44. The van der Waals surface area contributed by atoms with Gasteiger partial charge in [-0.25, -0.2) is 4.79 Å². The maximum Gasteiger partial charge on any atom is 0.328 e. The predicted octanol–water partition coefficient (Wildman–Crippen LogP) is 2.54. The SMILES string of the molecule is COC(=O)C(CC(C)C)NC(=O)CSc1cccs1. The molecule has 1 aromatic rings. The number of thioether (sulfide) groups is 1. The van der Waals surface area contributed by atoms with Crippen LogP contribution in [0.25, 0.3) is 0 Å². The minimum absolute atomic E-state index is 0.144. The van der Waals surface area contributed by atoms with Crippen molar-refractivity contribution in [2.24, 2.45) is 5.92 Å². The number of carbonyl (C=O) groups is 2. The van der Waals surface area contributed by atoms with Crippen molar-refractivity contribution in [1.29, 1.82) is 0 Å². The summed E-state index contributed by atoms with van der Waals surface area (Å²) < 4.78 is 5.80. The monoisotopic (exact) mass is 301 g/mol. The number of hydrogen-bond donors (Lipinski definition) is 1. The molecule has 1 atom stereocenters. The Bertz CT molecular complexity index is 404. The Morgan fingerprint density at radius 2 is 2.21 bits per heavy atom. The number of nitrogens with one attached hydrogen (secondary N) is 1. The van der Waals surface area contributed by atoms with Crippen LogP contribution in [0.2, 0.25) is 0 Å². The summed E-state index contributed by atoms with van der Waals surface area (Å²) in [7, 11) is 1.34. The molecule has 0 aliphatic rings. The Morgan fingerprint density at radius 1 is 1.47 bits per heavy atom. The molecule has 0 aliphatic carbocycles. The Labute approximate surface area is 121 Å². The molecule has 0 bridgehead atoms. The van der Waals surface area contributed by atoms with Crippen molar-refractivity contribution in [3.05, 3.63) is 17.5 Å². The number of carbonyl (C=O) groups excluding carboxylic acids is 2. The van der Waals surface area contributed by atoms with Crippen LogP contribution in [0.4, 0.5) is 0 Å². The second-order valence-corrected chi connectivity index (χ2v) is 6.72. The van der Waals surface area contributed by atoms with E-state index in [1.807, 2.05) is 31.4 Å². The average molecular weight is 301 g/mol. The van der Waals surface area contributed by atoms with E-state index in [-0.39, 0.29) is 11.9 Å². The van der Waals surface area contributed by atoms with Gasteiger partial charge in [0.25, 0.3) is 0 Å². The van der Waals surface area contributed by atoms with E-state index in [0.717, 1.165) is 4.21 Å². The van der Waals surface area contributed by atoms with Crippen LogP contribution in [0.15, 0.2) is 21.7 Å². The summed E-state index contributed by atoms with van der Waals surface area (Å²) in [6, 6.07) is 3.36. The molecule has 19 heavy (non-hydrogen) atoms. The molecule has 1 amide bonds. The Hall–Kier alpha value is -1.01. The van der Waals surface area contributed by atoms with Crippen LogP contribution in [0.5, 0.6) is 0 Å². The van der Waals surface area contributed by atoms with Crippen molar-refractivity contribution >= 4 is 35.0 Å². The normalized spacial score (nSPS) is 12.2. The third-order valence-electron chi connectivity index (χ3n) is 2.37. The summed E-state index contributed by atoms with van der Waals surface area (Å²) in [6.45, 7) is 4.00. The molecule has 4 nitrogen and oxygen atoms in total. The Morgan fingerprint density at radius 3 is 2.74 bits per heavy atom. The summed E-state index contributed by atoms with van der Waals surface area (Å²) in [5, 5.41) is 4.70. The zero-order chi connectivity index (χ0) is 14.3. The molecule has 6 heteroatoms. The van der Waals surface area contributed by atoms with Crippen molar-refractivity contribution < 1.29 is 14.3 Å². The van der Waals surface area contributed by atoms with E-state index >= 15 is 0 Å². The molecule has 1 N–H and O–H groups in total. The van der Waals surface area contributed by atoms with Gasteiger partial charge < -0.3 is 10.1 Å². The highest BCUT2D eigenvalue weighted by Gasteiger charge is 2.22. The third-order valence-corrected chi connectivity index (χ3v) is 4.50. The number of rotatable bonds is 7. The molecule has 0 radical (unpaired) electrons. The van der Waals surface area contributed by atoms with Gasteiger partial charge in [0.05, 0.1) is 17.1 Å². The fraction of sp³-hybridized carbons (Fsp3) is 0.538. The highest BCUT2D eigenvalue weighted by atomic mass is 32.2. The van der Waals surface area contributed by atoms with E-state index in [9.17, 15) is 9.59 Å². The van der Waals surface area contributed by atoms with Gasteiger partial charge in [-0.15, -0.1) is 23.1 Å². The van der Waals surface area contributed by atoms with Crippen LogP contribution in [-0.2, 0) is 14.3 Å². The van der Waals surface area contributed by atoms with Gasteiger partial charge in [0, 0.05) is 0 Å². The molecular weight excluding hydrogens is 282 g/mol. The van der Waals surface area contributed by atoms with Crippen LogP contribution in [0, 0.1) is 5.92 Å². The molecule has 106 valence electrons. The highest BCUT2D eigenvalue weighted by Crippen LogP contribution is 2.22. The zero-order valence-electron chi connectivity index (χ0n) is 11.3. The summed E-state index contributed by atoms with van der Waals surface area (Å²) in [6.07, 6.45) is 0.585. The number of esters is 1. The first-order valence-corrected chi connectivity index (χ1v) is 7.93. The van der Waals surface area contributed by atoms with Gasteiger partial charge in [-0.1, -0.05) is 19.9 Å². The van der Waals surface area contributed by atoms with E-state index in [4.69, 9.17) is 4.74 Å². The van der Waals surface area contributed by atoms with Gasteiger partial charge in [-0.3, -0.25) is 4.79 Å². The number of ether oxygens (including phenoxy) is 1. The van der Waals surface area contributed by atoms with Crippen LogP contribution >= 0.6 is 23.1 Å². The molecule has 0 saturated heterocycles. The summed E-state index contributed by atoms with van der Waals surface area (Å²) >= 11 is 3.07. The molecule has 0 fully saturated rings. The van der Waals surface area contributed by atoms with Gasteiger partial charge in [-0.05, 0) is 23.8 Å². The first kappa shape index (κ1) is 16.0. The van der Waals surface area contributed by atoms with Gasteiger partial charge in [0.1, 0.15) is 6.04 Å². The summed E-state index contributed by atoms with van der Waals surface area (Å²) in [4.78, 5) is 23.4. The number of hydrogen-bond acceptors (Lipinski definition) is 5. The first-order valence-electron chi connectivity index (χ1n) is 6.06. The fourth-order valence-corrected chi connectivity index (χ4v) is 3.14. The molecule has 1 unspecified atom stereocenters. The molecule has 1 rings (SSSR count). The van der Waals surface area contributed by atoms with Gasteiger partial charge in [-0.2, -0.15) is 0 Å². The van der Waals surface area contributed by atoms with Crippen molar-refractivity contribution in [1.82, 2.24) is 5.32 Å². The van der Waals surface area contributed by atoms with Gasteiger partial charge in [0.2, 0.25) is 5.91 Å². The second-order valence-electron chi connectivity index (χ2n) is 4.49. The van der Waals surface area contributed by atoms with Crippen molar-refractivity contribution in [2.45, 2.75) is 30.5 Å². The van der Waals surface area contributed by atoms with E-state index in [1.54, 1.807) is 11.3 Å². The maximum absolute atomic E-state index is 11.8. The lowest BCUT2D eigenvalue weighted by molar-refractivity contribution is -0.145. The summed E-state index contributed by atoms with van der Waals surface area (Å²) in [5.74, 6) is 0.0958. The maximum atomic E-state index is 11.8. The molecule has 0 saturated carbocycles. The lowest BCUT2D eigenvalue weighted by atomic mass is 10.0. The molecule has 1 heterocycles. The van der Waals surface area contributed by atoms with Crippen LogP contribution < -0.4 is 5.32 Å². The molecule has 0 aromatic carbocycles. The molecule has 1 aromatic heterocycles. The molecule has 0 aliphatic heterocycles. The van der Waals surface area contributed by atoms with Crippen LogP contribution in [-0.4, -0.2) is 30.8 Å². The van der Waals surface area contributed by atoms with Gasteiger partial charge in [0.15, 0.2) is 0 Å². The van der Waals surface area contributed by atoms with Crippen molar-refractivity contribution in [3.63, 3.8) is 0 Å². The van der Waals surface area contributed by atoms with Crippen LogP contribution in [0.1, 0.15) is 20.3 Å². The van der Waals surface area contributed by atoms with Crippen molar-refractivity contribution in [3.8, 4) is 0 Å². The van der Waals surface area contributed by atoms with E-state index in [0.29, 0.717) is 18.1 Å². The number of amides is 1. The lowest BCUT2D eigenvalue weighted by Gasteiger charge is -2.18. The van der Waals surface area contributed by atoms with Crippen LogP contribution in [0.3, 0.4) is 0 Å². The highest BCUT2D eigenvalue weighted by molar-refractivity contribution is 8.01. The Kier molecular flexibility index (Phi) is 6.94. The largest absolute Gasteiger partial charge is 0.467 e. The van der Waals surface area contributed by atoms with Gasteiger partial charge >= 0.3 is 5.97 Å². The predicted molar refractivity (Wildman–Crippen MR) is 78.4 cm³/mol.